The normalized spacial score (nSPS) is 17.5. The number of hydrogen-bond donors (Lipinski definition) is 1. The maximum Gasteiger partial charge on any atom is 0.225 e. The number of carbonyl (C=O) groups excluding carboxylic acids is 2. The number of likely N-dealkylation sites (tertiary alicyclic amines) is 1. The topological polar surface area (TPSA) is 67.2 Å². The number of aromatic nitrogens is 2. The third-order valence-electron chi connectivity index (χ3n) is 4.16. The van der Waals surface area contributed by atoms with Crippen molar-refractivity contribution in [3.63, 3.8) is 0 Å². The Morgan fingerprint density at radius 2 is 2.17 bits per heavy atom. The van der Waals surface area contributed by atoms with Crippen LogP contribution < -0.4 is 5.32 Å². The van der Waals surface area contributed by atoms with E-state index in [0.29, 0.717) is 26.1 Å². The molecule has 1 aliphatic heterocycles. The van der Waals surface area contributed by atoms with Crippen molar-refractivity contribution >= 4 is 11.8 Å². The van der Waals surface area contributed by atoms with Crippen LogP contribution in [0.15, 0.2) is 42.7 Å². The quantitative estimate of drug-likeness (QED) is 0.906. The number of nitrogens with one attached hydrogen (secondary N) is 1. The van der Waals surface area contributed by atoms with E-state index in [2.05, 4.69) is 10.4 Å². The number of amides is 2. The van der Waals surface area contributed by atoms with E-state index in [0.717, 1.165) is 11.3 Å². The first kappa shape index (κ1) is 15.3. The molecule has 0 aliphatic carbocycles. The smallest absolute Gasteiger partial charge is 0.225 e. The molecule has 2 aromatic rings. The largest absolute Gasteiger partial charge is 0.352 e. The molecular weight excluding hydrogens is 292 g/mol. The highest BCUT2D eigenvalue weighted by atomic mass is 16.2. The van der Waals surface area contributed by atoms with Crippen molar-refractivity contribution in [2.45, 2.75) is 19.9 Å². The van der Waals surface area contributed by atoms with Crippen LogP contribution in [-0.4, -0.2) is 39.6 Å². The summed E-state index contributed by atoms with van der Waals surface area (Å²) in [6.45, 7) is 3.52. The van der Waals surface area contributed by atoms with E-state index < -0.39 is 0 Å². The van der Waals surface area contributed by atoms with E-state index in [1.165, 1.54) is 0 Å². The lowest BCUT2D eigenvalue weighted by atomic mass is 10.1. The average molecular weight is 312 g/mol. The molecule has 1 unspecified atom stereocenters. The molecule has 0 saturated carbocycles. The van der Waals surface area contributed by atoms with Gasteiger partial charge in [0.05, 0.1) is 11.6 Å². The Bertz CT molecular complexity index is 696. The fraction of sp³-hybridized carbons (Fsp3) is 0.353. The Kier molecular flexibility index (Phi) is 4.41. The van der Waals surface area contributed by atoms with Crippen molar-refractivity contribution in [1.29, 1.82) is 0 Å². The number of hydrogen-bond acceptors (Lipinski definition) is 3. The Morgan fingerprint density at radius 3 is 2.87 bits per heavy atom. The fourth-order valence-electron chi connectivity index (χ4n) is 2.88. The van der Waals surface area contributed by atoms with Gasteiger partial charge in [0.15, 0.2) is 0 Å². The second-order valence-corrected chi connectivity index (χ2v) is 5.63. The standard InChI is InChI=1S/C17H20N4O2/c1-2-20-12-14(10-16(20)22)17(23)18-11-13-6-3-4-7-15(13)21-9-5-8-19-21/h3-9,14H,2,10-12H2,1H3,(H,18,23). The van der Waals surface area contributed by atoms with E-state index in [9.17, 15) is 9.59 Å². The van der Waals surface area contributed by atoms with Gasteiger partial charge in [-0.15, -0.1) is 0 Å². The lowest BCUT2D eigenvalue weighted by Gasteiger charge is -2.14. The zero-order valence-corrected chi connectivity index (χ0v) is 13.1. The predicted molar refractivity (Wildman–Crippen MR) is 85.8 cm³/mol. The molecule has 120 valence electrons. The second-order valence-electron chi connectivity index (χ2n) is 5.63. The van der Waals surface area contributed by atoms with E-state index in [1.54, 1.807) is 15.8 Å². The molecule has 3 rings (SSSR count). The first-order valence-corrected chi connectivity index (χ1v) is 7.82. The van der Waals surface area contributed by atoms with E-state index in [-0.39, 0.29) is 17.7 Å². The molecule has 0 radical (unpaired) electrons. The average Bonchev–Trinajstić information content (AvgIpc) is 3.22. The van der Waals surface area contributed by atoms with Crippen molar-refractivity contribution in [2.24, 2.45) is 5.92 Å². The molecule has 23 heavy (non-hydrogen) atoms. The van der Waals surface area contributed by atoms with Gasteiger partial charge in [-0.25, -0.2) is 4.68 Å². The van der Waals surface area contributed by atoms with Crippen LogP contribution in [0.5, 0.6) is 0 Å². The van der Waals surface area contributed by atoms with E-state index >= 15 is 0 Å². The van der Waals surface area contributed by atoms with Gasteiger partial charge in [0.1, 0.15) is 0 Å². The van der Waals surface area contributed by atoms with Gasteiger partial charge in [-0.1, -0.05) is 18.2 Å². The van der Waals surface area contributed by atoms with Crippen LogP contribution in [0.25, 0.3) is 5.69 Å². The molecule has 6 nitrogen and oxygen atoms in total. The van der Waals surface area contributed by atoms with E-state index in [1.807, 2.05) is 43.5 Å². The van der Waals surface area contributed by atoms with Crippen LogP contribution in [0.2, 0.25) is 0 Å². The van der Waals surface area contributed by atoms with Crippen LogP contribution in [0.4, 0.5) is 0 Å². The van der Waals surface area contributed by atoms with Gasteiger partial charge in [-0.3, -0.25) is 9.59 Å². The highest BCUT2D eigenvalue weighted by Gasteiger charge is 2.33. The van der Waals surface area contributed by atoms with Gasteiger partial charge in [0, 0.05) is 38.4 Å². The van der Waals surface area contributed by atoms with Crippen molar-refractivity contribution in [3.05, 3.63) is 48.3 Å². The van der Waals surface area contributed by atoms with Gasteiger partial charge >= 0.3 is 0 Å². The SMILES string of the molecule is CCN1CC(C(=O)NCc2ccccc2-n2cccn2)CC1=O. The number of carbonyl (C=O) groups is 2. The van der Waals surface area contributed by atoms with Crippen LogP contribution in [0, 0.1) is 5.92 Å². The highest BCUT2D eigenvalue weighted by Crippen LogP contribution is 2.18. The molecule has 2 amide bonds. The van der Waals surface area contributed by atoms with Gasteiger partial charge in [0.2, 0.25) is 11.8 Å². The van der Waals surface area contributed by atoms with Gasteiger partial charge in [-0.05, 0) is 24.6 Å². The van der Waals surface area contributed by atoms with Crippen LogP contribution in [0.3, 0.4) is 0 Å². The highest BCUT2D eigenvalue weighted by molar-refractivity contribution is 5.89. The molecule has 6 heteroatoms. The van der Waals surface area contributed by atoms with Gasteiger partial charge < -0.3 is 10.2 Å². The van der Waals surface area contributed by atoms with Crippen LogP contribution in [0.1, 0.15) is 18.9 Å². The summed E-state index contributed by atoms with van der Waals surface area (Å²) in [6, 6.07) is 9.67. The number of benzene rings is 1. The maximum absolute atomic E-state index is 12.3. The molecule has 1 atom stereocenters. The van der Waals surface area contributed by atoms with Crippen LogP contribution >= 0.6 is 0 Å². The molecule has 1 fully saturated rings. The molecule has 1 aromatic heterocycles. The zero-order valence-electron chi connectivity index (χ0n) is 13.1. The summed E-state index contributed by atoms with van der Waals surface area (Å²) in [7, 11) is 0. The molecule has 1 aliphatic rings. The number of para-hydroxylation sites is 1. The summed E-state index contributed by atoms with van der Waals surface area (Å²) in [4.78, 5) is 25.8. The Morgan fingerprint density at radius 1 is 1.35 bits per heavy atom. The van der Waals surface area contributed by atoms with Crippen molar-refractivity contribution in [2.75, 3.05) is 13.1 Å². The molecule has 0 bridgehead atoms. The predicted octanol–water partition coefficient (Wildman–Crippen LogP) is 1.36. The summed E-state index contributed by atoms with van der Waals surface area (Å²) >= 11 is 0. The molecule has 2 heterocycles. The molecule has 1 N–H and O–H groups in total. The first-order chi connectivity index (χ1) is 11.2. The van der Waals surface area contributed by atoms with Crippen LogP contribution in [-0.2, 0) is 16.1 Å². The molecule has 0 spiro atoms. The summed E-state index contributed by atoms with van der Waals surface area (Å²) in [5, 5.41) is 7.18. The monoisotopic (exact) mass is 312 g/mol. The second kappa shape index (κ2) is 6.64. The first-order valence-electron chi connectivity index (χ1n) is 7.82. The Hall–Kier alpha value is -2.63. The molecule has 1 saturated heterocycles. The lowest BCUT2D eigenvalue weighted by molar-refractivity contribution is -0.128. The zero-order chi connectivity index (χ0) is 16.2. The van der Waals surface area contributed by atoms with Gasteiger partial charge in [-0.2, -0.15) is 5.10 Å². The fourth-order valence-corrected chi connectivity index (χ4v) is 2.88. The minimum absolute atomic E-state index is 0.0598. The summed E-state index contributed by atoms with van der Waals surface area (Å²) in [5.74, 6) is -0.256. The lowest BCUT2D eigenvalue weighted by Crippen LogP contribution is -2.32. The Labute approximate surface area is 135 Å². The number of nitrogens with zero attached hydrogens (tertiary/aromatic N) is 3. The minimum atomic E-state index is -0.251. The third-order valence-corrected chi connectivity index (χ3v) is 4.16. The van der Waals surface area contributed by atoms with Gasteiger partial charge in [0.25, 0.3) is 0 Å². The van der Waals surface area contributed by atoms with E-state index in [4.69, 9.17) is 0 Å². The summed E-state index contributed by atoms with van der Waals surface area (Å²) in [6.07, 6.45) is 3.90. The summed E-state index contributed by atoms with van der Waals surface area (Å²) < 4.78 is 1.78. The minimum Gasteiger partial charge on any atom is -0.352 e. The maximum atomic E-state index is 12.3. The molecular formula is C17H20N4O2. The molecule has 1 aromatic carbocycles. The van der Waals surface area contributed by atoms with Crippen molar-refractivity contribution < 1.29 is 9.59 Å². The Balaban J connectivity index is 1.65. The summed E-state index contributed by atoms with van der Waals surface area (Å²) in [5.41, 5.74) is 1.93. The third kappa shape index (κ3) is 3.26. The van der Waals surface area contributed by atoms with Crippen molar-refractivity contribution in [1.82, 2.24) is 20.0 Å². The van der Waals surface area contributed by atoms with Crippen molar-refractivity contribution in [3.8, 4) is 5.69 Å². The number of rotatable bonds is 5.